The highest BCUT2D eigenvalue weighted by Crippen LogP contribution is 2.39. The standard InChI is InChI=1S/C28H24BClFN4O15PS/c30-20-17(8-7-16(36)22(20)37)52(48,49)35-10-9-34(25(39)26(35)40)28(43)33-21(12-1-4-14(5-2-12)51(45,46)47)24(38)32-18-11-13-3-6-15(31)19(27(41)42)23(13)50-29(18)44/h1-8,18,21,36-37,44H,9-11H2,(H,32,38)(H,33,43)(H,41,42)(H2,45,46,47)/t18-,21?/m0/s1. The highest BCUT2D eigenvalue weighted by molar-refractivity contribution is 7.90. The quantitative estimate of drug-likeness (QED) is 0.0609. The maximum absolute atomic E-state index is 14.2. The molecule has 0 saturated carbocycles. The number of hydrogen-bond donors (Lipinski definition) is 8. The van der Waals surface area contributed by atoms with Crippen LogP contribution in [0.4, 0.5) is 9.18 Å². The number of hydrogen-bond acceptors (Lipinski definition) is 12. The van der Waals surface area contributed by atoms with E-state index in [4.69, 9.17) is 16.3 Å². The number of urea groups is 1. The topological polar surface area (TPSA) is 298 Å². The second kappa shape index (κ2) is 14.1. The van der Waals surface area contributed by atoms with Gasteiger partial charge >= 0.3 is 38.5 Å². The summed E-state index contributed by atoms with van der Waals surface area (Å²) in [6, 6.07) is 4.22. The van der Waals surface area contributed by atoms with Crippen molar-refractivity contribution in [2.75, 3.05) is 13.1 Å². The number of halogens is 2. The minimum absolute atomic E-state index is 0.0710. The van der Waals surface area contributed by atoms with E-state index in [1.54, 1.807) is 0 Å². The maximum atomic E-state index is 14.2. The average Bonchev–Trinajstić information content (AvgIpc) is 3.06. The molecule has 2 heterocycles. The fraction of sp³-hybridized carbons (Fsp3) is 0.179. The van der Waals surface area contributed by atoms with Crippen molar-refractivity contribution < 1.29 is 76.1 Å². The molecule has 5 amide bonds. The first-order valence-electron chi connectivity index (χ1n) is 14.5. The van der Waals surface area contributed by atoms with Gasteiger partial charge in [-0.2, -0.15) is 0 Å². The number of nitrogens with one attached hydrogen (secondary N) is 2. The molecule has 274 valence electrons. The number of phenolic OH excluding ortho intramolecular Hbond substituents is 2. The van der Waals surface area contributed by atoms with E-state index in [0.717, 1.165) is 48.5 Å². The Morgan fingerprint density at radius 3 is 2.29 bits per heavy atom. The van der Waals surface area contributed by atoms with Gasteiger partial charge in [-0.3, -0.25) is 23.8 Å². The zero-order valence-electron chi connectivity index (χ0n) is 25.8. The highest BCUT2D eigenvalue weighted by atomic mass is 35.5. The van der Waals surface area contributed by atoms with Crippen molar-refractivity contribution in [3.05, 3.63) is 76.1 Å². The van der Waals surface area contributed by atoms with Crippen LogP contribution in [0.1, 0.15) is 27.5 Å². The minimum Gasteiger partial charge on any atom is -0.534 e. The van der Waals surface area contributed by atoms with Gasteiger partial charge in [-0.05, 0) is 47.9 Å². The van der Waals surface area contributed by atoms with E-state index in [9.17, 15) is 71.5 Å². The molecule has 1 fully saturated rings. The second-order valence-electron chi connectivity index (χ2n) is 11.1. The number of carboxylic acids is 1. The molecule has 1 unspecified atom stereocenters. The summed E-state index contributed by atoms with van der Waals surface area (Å²) in [4.78, 5) is 83.1. The number of sulfonamides is 1. The molecule has 2 aliphatic rings. The molecule has 3 aromatic carbocycles. The molecule has 0 aliphatic carbocycles. The van der Waals surface area contributed by atoms with Gasteiger partial charge in [0.05, 0.1) is 17.8 Å². The zero-order valence-corrected chi connectivity index (χ0v) is 28.3. The number of rotatable bonds is 8. The van der Waals surface area contributed by atoms with E-state index < -0.39 is 123 Å². The van der Waals surface area contributed by atoms with Crippen LogP contribution in [0.25, 0.3) is 0 Å². The lowest BCUT2D eigenvalue weighted by molar-refractivity contribution is -0.150. The van der Waals surface area contributed by atoms with Gasteiger partial charge in [-0.1, -0.05) is 29.8 Å². The average molecular weight is 785 g/mol. The lowest BCUT2D eigenvalue weighted by Crippen LogP contribution is -2.61. The number of nitrogens with zero attached hydrogens (tertiary/aromatic N) is 2. The molecule has 8 N–H and O–H groups in total. The summed E-state index contributed by atoms with van der Waals surface area (Å²) in [6.07, 6.45) is -0.313. The third kappa shape index (κ3) is 7.11. The Bertz CT molecular complexity index is 2190. The summed E-state index contributed by atoms with van der Waals surface area (Å²) >= 11 is 5.84. The lowest BCUT2D eigenvalue weighted by Gasteiger charge is -2.33. The molecular weight excluding hydrogens is 761 g/mol. The molecule has 0 aromatic heterocycles. The van der Waals surface area contributed by atoms with Crippen molar-refractivity contribution >= 4 is 71.4 Å². The van der Waals surface area contributed by atoms with Crippen molar-refractivity contribution in [2.45, 2.75) is 23.3 Å². The number of carboxylic acid groups (broad SMARTS) is 1. The first-order chi connectivity index (χ1) is 24.2. The number of fused-ring (bicyclic) bond motifs is 1. The number of aromatic carboxylic acids is 1. The predicted molar refractivity (Wildman–Crippen MR) is 172 cm³/mol. The van der Waals surface area contributed by atoms with Crippen LogP contribution in [0, 0.1) is 5.82 Å². The molecule has 0 bridgehead atoms. The Morgan fingerprint density at radius 1 is 1.02 bits per heavy atom. The van der Waals surface area contributed by atoms with Crippen molar-refractivity contribution in [3.63, 3.8) is 0 Å². The lowest BCUT2D eigenvalue weighted by atomic mass is 9.72. The molecule has 52 heavy (non-hydrogen) atoms. The molecule has 3 aromatic rings. The fourth-order valence-electron chi connectivity index (χ4n) is 5.28. The zero-order chi connectivity index (χ0) is 38.4. The van der Waals surface area contributed by atoms with Gasteiger partial charge in [0, 0.05) is 6.54 Å². The van der Waals surface area contributed by atoms with Crippen molar-refractivity contribution in [1.29, 1.82) is 0 Å². The van der Waals surface area contributed by atoms with Crippen molar-refractivity contribution in [3.8, 4) is 17.2 Å². The molecular formula is C28H24BClFN4O15PS. The fourth-order valence-corrected chi connectivity index (χ4v) is 7.69. The Kier molecular flexibility index (Phi) is 10.3. The Morgan fingerprint density at radius 2 is 1.67 bits per heavy atom. The van der Waals surface area contributed by atoms with E-state index in [2.05, 4.69) is 10.6 Å². The van der Waals surface area contributed by atoms with Crippen LogP contribution in [-0.4, -0.2) is 104 Å². The summed E-state index contributed by atoms with van der Waals surface area (Å²) in [5.74, 6) is -11.0. The van der Waals surface area contributed by atoms with E-state index in [0.29, 0.717) is 0 Å². The third-order valence-electron chi connectivity index (χ3n) is 7.90. The monoisotopic (exact) mass is 784 g/mol. The smallest absolute Gasteiger partial charge is 0.534 e. The van der Waals surface area contributed by atoms with E-state index in [-0.39, 0.29) is 26.8 Å². The minimum atomic E-state index is -4.93. The molecule has 0 radical (unpaired) electrons. The Balaban J connectivity index is 1.39. The highest BCUT2D eigenvalue weighted by Gasteiger charge is 2.45. The summed E-state index contributed by atoms with van der Waals surface area (Å²) < 4.78 is 57.6. The van der Waals surface area contributed by atoms with E-state index in [1.165, 1.54) is 0 Å². The van der Waals surface area contributed by atoms with Crippen LogP contribution >= 0.6 is 19.2 Å². The van der Waals surface area contributed by atoms with Crippen LogP contribution in [0.3, 0.4) is 0 Å². The normalized spacial score (nSPS) is 16.9. The summed E-state index contributed by atoms with van der Waals surface area (Å²) in [5.41, 5.74) is -0.943. The van der Waals surface area contributed by atoms with Crippen LogP contribution in [0.2, 0.25) is 5.02 Å². The molecule has 2 atom stereocenters. The maximum Gasteiger partial charge on any atom is 0.547 e. The number of aromatic hydroxyl groups is 2. The van der Waals surface area contributed by atoms with Gasteiger partial charge in [0.1, 0.15) is 33.1 Å². The molecule has 5 rings (SSSR count). The van der Waals surface area contributed by atoms with E-state index >= 15 is 0 Å². The van der Waals surface area contributed by atoms with Gasteiger partial charge in [-0.25, -0.2) is 26.7 Å². The van der Waals surface area contributed by atoms with Gasteiger partial charge in [0.2, 0.25) is 5.91 Å². The number of benzene rings is 3. The molecule has 19 nitrogen and oxygen atoms in total. The first-order valence-corrected chi connectivity index (χ1v) is 17.9. The Labute approximate surface area is 296 Å². The van der Waals surface area contributed by atoms with Gasteiger partial charge in [0.15, 0.2) is 11.5 Å². The van der Waals surface area contributed by atoms with Gasteiger partial charge in [0.25, 0.3) is 10.0 Å². The predicted octanol–water partition coefficient (Wildman–Crippen LogP) is -0.659. The number of phenols is 2. The SMILES string of the molecule is O=C(O)c1c(F)ccc2c1OB(O)[C@@H](NC(=O)C(NC(=O)N1CCN(S(=O)(=O)c3ccc(O)c(O)c3Cl)C(=O)C1=O)c1ccc(P(=O)(O)O)cc1)C2. The number of carbonyl (C=O) groups excluding carboxylic acids is 4. The molecule has 1 saturated heterocycles. The van der Waals surface area contributed by atoms with Crippen LogP contribution in [0.5, 0.6) is 17.2 Å². The van der Waals surface area contributed by atoms with Gasteiger partial charge in [-0.15, -0.1) is 0 Å². The Hall–Kier alpha value is -5.25. The largest absolute Gasteiger partial charge is 0.547 e. The summed E-state index contributed by atoms with van der Waals surface area (Å²) in [6.45, 7) is -1.59. The van der Waals surface area contributed by atoms with Crippen LogP contribution in [0.15, 0.2) is 53.4 Å². The van der Waals surface area contributed by atoms with Crippen LogP contribution in [-0.2, 0) is 35.4 Å². The number of carbonyl (C=O) groups is 5. The van der Waals surface area contributed by atoms with Crippen molar-refractivity contribution in [2.24, 2.45) is 0 Å². The number of piperazine rings is 1. The number of amides is 5. The molecule has 2 aliphatic heterocycles. The number of imide groups is 1. The summed E-state index contributed by atoms with van der Waals surface area (Å²) in [7, 11) is -11.7. The van der Waals surface area contributed by atoms with Gasteiger partial charge < -0.3 is 45.4 Å². The van der Waals surface area contributed by atoms with E-state index in [1.807, 2.05) is 0 Å². The third-order valence-corrected chi connectivity index (χ3v) is 11.2. The first kappa shape index (κ1) is 38.0. The molecule has 0 spiro atoms. The second-order valence-corrected chi connectivity index (χ2v) is 15.0. The molecule has 24 heteroatoms. The van der Waals surface area contributed by atoms with Crippen LogP contribution < -0.4 is 20.6 Å². The van der Waals surface area contributed by atoms with Crippen molar-refractivity contribution in [1.82, 2.24) is 19.8 Å². The summed E-state index contributed by atoms with van der Waals surface area (Å²) in [5, 5.41) is 42.7.